The fraction of sp³-hybridized carbons (Fsp3) is 0.682. The smallest absolute Gasteiger partial charge is 0.411 e. The van der Waals surface area contributed by atoms with Crippen molar-refractivity contribution in [3.05, 3.63) is 35.9 Å². The summed E-state index contributed by atoms with van der Waals surface area (Å²) in [7, 11) is 1.99. The van der Waals surface area contributed by atoms with E-state index in [0.29, 0.717) is 25.8 Å². The van der Waals surface area contributed by atoms with Crippen molar-refractivity contribution in [3.63, 3.8) is 0 Å². The molecule has 0 spiro atoms. The lowest BCUT2D eigenvalue weighted by molar-refractivity contribution is -0.167. The second kappa shape index (κ2) is 6.77. The number of benzene rings is 1. The van der Waals surface area contributed by atoms with Crippen LogP contribution >= 0.6 is 0 Å². The molecule has 2 saturated heterocycles. The first-order valence-electron chi connectivity index (χ1n) is 9.92. The third kappa shape index (κ3) is 3.71. The highest BCUT2D eigenvalue weighted by molar-refractivity contribution is 5.70. The summed E-state index contributed by atoms with van der Waals surface area (Å²) >= 11 is 0. The SMILES string of the molecule is C[C@@H]1N(C(=O)OC(C)(C)C)[C@@]2(C)CC[C@@]1(F)[C@@H](N(C)Cc1ccccc1)C2. The molecule has 2 heterocycles. The molecular formula is C22H33FN2O2. The largest absolute Gasteiger partial charge is 0.444 e. The maximum absolute atomic E-state index is 16.3. The molecule has 150 valence electrons. The fourth-order valence-electron chi connectivity index (χ4n) is 4.90. The van der Waals surface area contributed by atoms with E-state index in [-0.39, 0.29) is 11.6 Å². The van der Waals surface area contributed by atoms with Gasteiger partial charge in [-0.3, -0.25) is 9.80 Å². The second-order valence-electron chi connectivity index (χ2n) is 9.57. The zero-order valence-electron chi connectivity index (χ0n) is 17.5. The summed E-state index contributed by atoms with van der Waals surface area (Å²) in [6.07, 6.45) is 1.37. The molecule has 1 saturated carbocycles. The zero-order chi connectivity index (χ0) is 20.0. The van der Waals surface area contributed by atoms with Gasteiger partial charge >= 0.3 is 6.09 Å². The van der Waals surface area contributed by atoms with Crippen LogP contribution in [0.1, 0.15) is 59.4 Å². The van der Waals surface area contributed by atoms with Gasteiger partial charge in [0.2, 0.25) is 0 Å². The molecule has 1 amide bonds. The van der Waals surface area contributed by atoms with E-state index >= 15 is 4.39 Å². The van der Waals surface area contributed by atoms with Gasteiger partial charge in [0, 0.05) is 18.1 Å². The van der Waals surface area contributed by atoms with Gasteiger partial charge in [-0.25, -0.2) is 9.18 Å². The van der Waals surface area contributed by atoms with E-state index in [0.717, 1.165) is 0 Å². The minimum Gasteiger partial charge on any atom is -0.444 e. The van der Waals surface area contributed by atoms with E-state index in [9.17, 15) is 4.79 Å². The minimum atomic E-state index is -1.43. The molecule has 2 bridgehead atoms. The van der Waals surface area contributed by atoms with Crippen molar-refractivity contribution in [2.75, 3.05) is 7.05 Å². The van der Waals surface area contributed by atoms with Crippen LogP contribution in [0.25, 0.3) is 0 Å². The highest BCUT2D eigenvalue weighted by atomic mass is 19.1. The summed E-state index contributed by atoms with van der Waals surface area (Å²) in [5, 5.41) is 0. The molecule has 27 heavy (non-hydrogen) atoms. The van der Waals surface area contributed by atoms with Crippen LogP contribution in [0.5, 0.6) is 0 Å². The number of fused-ring (bicyclic) bond motifs is 3. The Morgan fingerprint density at radius 1 is 1.30 bits per heavy atom. The Hall–Kier alpha value is -1.62. The van der Waals surface area contributed by atoms with E-state index in [1.54, 1.807) is 4.90 Å². The summed E-state index contributed by atoms with van der Waals surface area (Å²) < 4.78 is 21.9. The molecule has 1 aromatic carbocycles. The van der Waals surface area contributed by atoms with Crippen LogP contribution < -0.4 is 0 Å². The number of rotatable bonds is 3. The monoisotopic (exact) mass is 376 g/mol. The number of hydrogen-bond acceptors (Lipinski definition) is 3. The predicted octanol–water partition coefficient (Wildman–Crippen LogP) is 4.78. The van der Waals surface area contributed by atoms with Crippen molar-refractivity contribution in [2.24, 2.45) is 0 Å². The Bertz CT molecular complexity index is 689. The van der Waals surface area contributed by atoms with Crippen molar-refractivity contribution < 1.29 is 13.9 Å². The van der Waals surface area contributed by atoms with Crippen LogP contribution in [0.15, 0.2) is 30.3 Å². The first-order chi connectivity index (χ1) is 12.5. The number of halogens is 1. The maximum atomic E-state index is 16.3. The zero-order valence-corrected chi connectivity index (χ0v) is 17.5. The van der Waals surface area contributed by atoms with Gasteiger partial charge in [-0.1, -0.05) is 30.3 Å². The quantitative estimate of drug-likeness (QED) is 0.761. The Labute approximate surface area is 162 Å². The van der Waals surface area contributed by atoms with Gasteiger partial charge in [0.15, 0.2) is 0 Å². The Morgan fingerprint density at radius 2 is 1.93 bits per heavy atom. The average Bonchev–Trinajstić information content (AvgIpc) is 2.55. The van der Waals surface area contributed by atoms with Crippen LogP contribution in [0.3, 0.4) is 0 Å². The number of ether oxygens (including phenoxy) is 1. The molecule has 5 heteroatoms. The normalized spacial score (nSPS) is 33.4. The second-order valence-corrected chi connectivity index (χ2v) is 9.57. The van der Waals surface area contributed by atoms with E-state index in [4.69, 9.17) is 4.74 Å². The minimum absolute atomic E-state index is 0.217. The van der Waals surface area contributed by atoms with Crippen molar-refractivity contribution in [1.29, 1.82) is 0 Å². The Morgan fingerprint density at radius 3 is 2.52 bits per heavy atom. The number of carbonyl (C=O) groups is 1. The number of amides is 1. The van der Waals surface area contributed by atoms with E-state index in [2.05, 4.69) is 24.0 Å². The molecule has 3 fully saturated rings. The maximum Gasteiger partial charge on any atom is 0.411 e. The van der Waals surface area contributed by atoms with Crippen LogP contribution in [0.2, 0.25) is 0 Å². The van der Waals surface area contributed by atoms with E-state index < -0.39 is 23.4 Å². The Balaban J connectivity index is 1.83. The van der Waals surface area contributed by atoms with Crippen LogP contribution in [0, 0.1) is 0 Å². The lowest BCUT2D eigenvalue weighted by atomic mass is 9.63. The Kier molecular flexibility index (Phi) is 5.04. The molecule has 0 aromatic heterocycles. The molecule has 2 aliphatic heterocycles. The van der Waals surface area contributed by atoms with E-state index in [1.165, 1.54) is 5.56 Å². The lowest BCUT2D eigenvalue weighted by Gasteiger charge is -2.63. The molecular weight excluding hydrogens is 343 g/mol. The van der Waals surface area contributed by atoms with Gasteiger partial charge in [-0.15, -0.1) is 0 Å². The first kappa shape index (κ1) is 20.1. The number of hydrogen-bond donors (Lipinski definition) is 0. The van der Waals surface area contributed by atoms with Gasteiger partial charge in [0.05, 0.1) is 6.04 Å². The van der Waals surface area contributed by atoms with Crippen molar-refractivity contribution in [2.45, 2.75) is 89.3 Å². The number of carbonyl (C=O) groups excluding carboxylic acids is 1. The highest BCUT2D eigenvalue weighted by Gasteiger charge is 2.64. The van der Waals surface area contributed by atoms with E-state index in [1.807, 2.05) is 52.9 Å². The van der Waals surface area contributed by atoms with Crippen molar-refractivity contribution in [1.82, 2.24) is 9.80 Å². The fourth-order valence-corrected chi connectivity index (χ4v) is 4.90. The summed E-state index contributed by atoms with van der Waals surface area (Å²) in [4.78, 5) is 16.6. The number of nitrogens with zero attached hydrogens (tertiary/aromatic N) is 2. The topological polar surface area (TPSA) is 32.8 Å². The molecule has 4 nitrogen and oxygen atoms in total. The predicted molar refractivity (Wildman–Crippen MR) is 105 cm³/mol. The number of piperidine rings is 2. The first-order valence-corrected chi connectivity index (χ1v) is 9.92. The van der Waals surface area contributed by atoms with Crippen molar-refractivity contribution in [3.8, 4) is 0 Å². The van der Waals surface area contributed by atoms with Crippen LogP contribution in [0.4, 0.5) is 9.18 Å². The van der Waals surface area contributed by atoms with Crippen molar-refractivity contribution >= 4 is 6.09 Å². The number of alkyl halides is 1. The molecule has 4 atom stereocenters. The summed E-state index contributed by atoms with van der Waals surface area (Å²) in [5.41, 5.74) is -1.23. The highest BCUT2D eigenvalue weighted by Crippen LogP contribution is 2.53. The van der Waals surface area contributed by atoms with Gasteiger partial charge in [0.25, 0.3) is 0 Å². The third-order valence-electron chi connectivity index (χ3n) is 6.29. The molecule has 0 radical (unpaired) electrons. The van der Waals surface area contributed by atoms with Gasteiger partial charge < -0.3 is 4.74 Å². The summed E-state index contributed by atoms with van der Waals surface area (Å²) in [6.45, 7) is 10.2. The van der Waals surface area contributed by atoms with Crippen LogP contribution in [-0.4, -0.2) is 51.8 Å². The lowest BCUT2D eigenvalue weighted by Crippen LogP contribution is -2.76. The van der Waals surface area contributed by atoms with Gasteiger partial charge in [0.1, 0.15) is 11.3 Å². The summed E-state index contributed by atoms with van der Waals surface area (Å²) in [6, 6.07) is 9.42. The summed E-state index contributed by atoms with van der Waals surface area (Å²) in [5.74, 6) is 0. The molecule has 0 N–H and O–H groups in total. The third-order valence-corrected chi connectivity index (χ3v) is 6.29. The molecule has 0 unspecified atom stereocenters. The molecule has 1 aliphatic carbocycles. The standard InChI is InChI=1S/C22H33FN2O2/c1-16-22(23)13-12-21(5,25(16)19(26)27-20(2,3)4)14-18(22)24(6)15-17-10-8-7-9-11-17/h7-11,16,18H,12-15H2,1-6H3/t16-,18-,21-,22-/m0/s1. The average molecular weight is 377 g/mol. The molecule has 4 rings (SSSR count). The molecule has 1 aromatic rings. The van der Waals surface area contributed by atoms with Gasteiger partial charge in [-0.05, 0) is 66.5 Å². The van der Waals surface area contributed by atoms with Gasteiger partial charge in [-0.2, -0.15) is 0 Å². The van der Waals surface area contributed by atoms with Crippen LogP contribution in [-0.2, 0) is 11.3 Å². The molecule has 3 aliphatic rings.